The fourth-order valence-electron chi connectivity index (χ4n) is 2.50. The maximum Gasteiger partial charge on any atom is 0.262 e. The first-order chi connectivity index (χ1) is 11.2. The van der Waals surface area contributed by atoms with Crippen LogP contribution in [0.1, 0.15) is 10.4 Å². The van der Waals surface area contributed by atoms with Gasteiger partial charge in [0.2, 0.25) is 5.82 Å². The zero-order chi connectivity index (χ0) is 15.8. The zero-order valence-electron chi connectivity index (χ0n) is 11.8. The minimum atomic E-state index is -0.0754. The molecule has 0 amide bonds. The Hall–Kier alpha value is -2.80. The van der Waals surface area contributed by atoms with Crippen LogP contribution < -0.4 is 0 Å². The second-order valence-corrected chi connectivity index (χ2v) is 5.93. The van der Waals surface area contributed by atoms with Gasteiger partial charge in [-0.3, -0.25) is 9.36 Å². The third kappa shape index (κ3) is 2.44. The first-order valence-corrected chi connectivity index (χ1v) is 7.67. The summed E-state index contributed by atoms with van der Waals surface area (Å²) in [6, 6.07) is 14.9. The van der Waals surface area contributed by atoms with Crippen LogP contribution in [-0.2, 0) is 0 Å². The van der Waals surface area contributed by atoms with Gasteiger partial charge in [-0.05, 0) is 47.7 Å². The molecule has 0 unspecified atom stereocenters. The molecule has 2 aromatic carbocycles. The number of aromatic amines is 1. The molecule has 6 nitrogen and oxygen atoms in total. The molecule has 112 valence electrons. The van der Waals surface area contributed by atoms with Crippen molar-refractivity contribution in [1.29, 1.82) is 0 Å². The third-order valence-electron chi connectivity index (χ3n) is 3.58. The van der Waals surface area contributed by atoms with Gasteiger partial charge >= 0.3 is 0 Å². The summed E-state index contributed by atoms with van der Waals surface area (Å²) < 4.78 is 2.51. The molecule has 4 rings (SSSR count). The van der Waals surface area contributed by atoms with Crippen molar-refractivity contribution in [2.75, 3.05) is 0 Å². The fraction of sp³-hybridized carbons (Fsp3) is 0. The molecule has 0 atom stereocenters. The predicted octanol–water partition coefficient (Wildman–Crippen LogP) is 3.27. The number of carbonyl (C=O) groups excluding carboxylic acids is 1. The Morgan fingerprint density at radius 3 is 2.83 bits per heavy atom. The second-order valence-electron chi connectivity index (χ2n) is 5.01. The van der Waals surface area contributed by atoms with E-state index in [1.807, 2.05) is 42.5 Å². The summed E-state index contributed by atoms with van der Waals surface area (Å²) in [4.78, 5) is 12.7. The number of aromatic nitrogens is 5. The standard InChI is InChI=1S/C16H10BrN5O/c17-13-3-1-2-12(9-13)16(23)22-7-6-10-8-11(4-5-14(10)22)15-18-20-21-19-15/h1-9H,(H,18,19,20,21). The summed E-state index contributed by atoms with van der Waals surface area (Å²) >= 11 is 3.39. The van der Waals surface area contributed by atoms with Gasteiger partial charge in [0, 0.05) is 27.2 Å². The first kappa shape index (κ1) is 13.8. The van der Waals surface area contributed by atoms with Crippen LogP contribution in [0.5, 0.6) is 0 Å². The number of nitrogens with one attached hydrogen (secondary N) is 1. The molecular weight excluding hydrogens is 358 g/mol. The monoisotopic (exact) mass is 367 g/mol. The largest absolute Gasteiger partial charge is 0.283 e. The summed E-state index contributed by atoms with van der Waals surface area (Å²) in [5.74, 6) is 0.451. The molecule has 1 N–H and O–H groups in total. The number of nitrogens with zero attached hydrogens (tertiary/aromatic N) is 4. The Balaban J connectivity index is 1.78. The molecule has 7 heteroatoms. The molecule has 0 aliphatic carbocycles. The van der Waals surface area contributed by atoms with Crippen molar-refractivity contribution in [1.82, 2.24) is 25.2 Å². The minimum Gasteiger partial charge on any atom is -0.283 e. The summed E-state index contributed by atoms with van der Waals surface area (Å²) in [5, 5.41) is 14.9. The molecule has 2 heterocycles. The number of rotatable bonds is 2. The Kier molecular flexibility index (Phi) is 3.27. The summed E-state index contributed by atoms with van der Waals surface area (Å²) in [5.41, 5.74) is 2.31. The molecule has 0 bridgehead atoms. The van der Waals surface area contributed by atoms with E-state index in [0.29, 0.717) is 11.4 Å². The van der Waals surface area contributed by atoms with Gasteiger partial charge in [-0.15, -0.1) is 10.2 Å². The van der Waals surface area contributed by atoms with E-state index < -0.39 is 0 Å². The van der Waals surface area contributed by atoms with Crippen molar-refractivity contribution in [2.24, 2.45) is 0 Å². The van der Waals surface area contributed by atoms with Crippen molar-refractivity contribution in [3.05, 3.63) is 64.8 Å². The van der Waals surface area contributed by atoms with E-state index in [9.17, 15) is 4.79 Å². The number of H-pyrrole nitrogens is 1. The highest BCUT2D eigenvalue weighted by atomic mass is 79.9. The summed E-state index contributed by atoms with van der Waals surface area (Å²) in [6.07, 6.45) is 1.77. The van der Waals surface area contributed by atoms with Gasteiger partial charge in [-0.2, -0.15) is 5.21 Å². The number of benzene rings is 2. The lowest BCUT2D eigenvalue weighted by Crippen LogP contribution is -2.10. The van der Waals surface area contributed by atoms with Crippen molar-refractivity contribution < 1.29 is 4.79 Å². The Labute approximate surface area is 139 Å². The normalized spacial score (nSPS) is 11.0. The van der Waals surface area contributed by atoms with Gasteiger partial charge in [-0.1, -0.05) is 22.0 Å². The fourth-order valence-corrected chi connectivity index (χ4v) is 2.90. The molecule has 23 heavy (non-hydrogen) atoms. The molecule has 0 aliphatic heterocycles. The molecular formula is C16H10BrN5O. The minimum absolute atomic E-state index is 0.0754. The molecule has 0 spiro atoms. The lowest BCUT2D eigenvalue weighted by atomic mass is 10.1. The number of halogens is 1. The first-order valence-electron chi connectivity index (χ1n) is 6.87. The highest BCUT2D eigenvalue weighted by Crippen LogP contribution is 2.23. The van der Waals surface area contributed by atoms with E-state index in [4.69, 9.17) is 0 Å². The smallest absolute Gasteiger partial charge is 0.262 e. The topological polar surface area (TPSA) is 76.5 Å². The van der Waals surface area contributed by atoms with Crippen LogP contribution >= 0.6 is 15.9 Å². The Morgan fingerprint density at radius 2 is 2.04 bits per heavy atom. The van der Waals surface area contributed by atoms with Gasteiger partial charge < -0.3 is 0 Å². The summed E-state index contributed by atoms with van der Waals surface area (Å²) in [7, 11) is 0. The van der Waals surface area contributed by atoms with Crippen LogP contribution in [0.4, 0.5) is 0 Å². The maximum absolute atomic E-state index is 12.7. The third-order valence-corrected chi connectivity index (χ3v) is 4.08. The predicted molar refractivity (Wildman–Crippen MR) is 89.0 cm³/mol. The molecule has 0 fully saturated rings. The lowest BCUT2D eigenvalue weighted by Gasteiger charge is -2.05. The molecule has 0 saturated heterocycles. The van der Waals surface area contributed by atoms with Gasteiger partial charge in [0.05, 0.1) is 5.52 Å². The van der Waals surface area contributed by atoms with Crippen molar-refractivity contribution >= 4 is 32.7 Å². The van der Waals surface area contributed by atoms with Crippen LogP contribution in [0.3, 0.4) is 0 Å². The van der Waals surface area contributed by atoms with Crippen molar-refractivity contribution in [2.45, 2.75) is 0 Å². The van der Waals surface area contributed by atoms with Gasteiger partial charge in [0.15, 0.2) is 0 Å². The molecule has 0 saturated carbocycles. The van der Waals surface area contributed by atoms with Crippen LogP contribution in [0.25, 0.3) is 22.3 Å². The van der Waals surface area contributed by atoms with Crippen LogP contribution in [0.2, 0.25) is 0 Å². The Bertz CT molecular complexity index is 1010. The summed E-state index contributed by atoms with van der Waals surface area (Å²) in [6.45, 7) is 0. The van der Waals surface area contributed by atoms with Gasteiger partial charge in [0.25, 0.3) is 5.91 Å². The Morgan fingerprint density at radius 1 is 1.13 bits per heavy atom. The van der Waals surface area contributed by atoms with Gasteiger partial charge in [-0.25, -0.2) is 0 Å². The van der Waals surface area contributed by atoms with Gasteiger partial charge in [0.1, 0.15) is 0 Å². The van der Waals surface area contributed by atoms with E-state index in [1.165, 1.54) is 0 Å². The van der Waals surface area contributed by atoms with E-state index >= 15 is 0 Å². The number of carbonyl (C=O) groups is 1. The average molecular weight is 368 g/mol. The van der Waals surface area contributed by atoms with Crippen LogP contribution in [0.15, 0.2) is 59.2 Å². The number of fused-ring (bicyclic) bond motifs is 1. The van der Waals surface area contributed by atoms with E-state index in [0.717, 1.165) is 20.9 Å². The number of hydrogen-bond donors (Lipinski definition) is 1. The van der Waals surface area contributed by atoms with E-state index in [2.05, 4.69) is 36.6 Å². The number of hydrogen-bond acceptors (Lipinski definition) is 4. The maximum atomic E-state index is 12.7. The highest BCUT2D eigenvalue weighted by Gasteiger charge is 2.13. The molecule has 0 aliphatic rings. The van der Waals surface area contributed by atoms with Crippen LogP contribution in [-0.4, -0.2) is 31.1 Å². The quantitative estimate of drug-likeness (QED) is 0.589. The lowest BCUT2D eigenvalue weighted by molar-refractivity contribution is 0.0965. The molecule has 2 aromatic heterocycles. The van der Waals surface area contributed by atoms with E-state index in [1.54, 1.807) is 16.8 Å². The molecule has 0 radical (unpaired) electrons. The molecule has 4 aromatic rings. The average Bonchev–Trinajstić information content (AvgIpc) is 3.23. The van der Waals surface area contributed by atoms with Crippen molar-refractivity contribution in [3.8, 4) is 11.4 Å². The highest BCUT2D eigenvalue weighted by molar-refractivity contribution is 9.10. The van der Waals surface area contributed by atoms with Crippen molar-refractivity contribution in [3.63, 3.8) is 0 Å². The SMILES string of the molecule is O=C(c1cccc(Br)c1)n1ccc2cc(-c3nn[nH]n3)ccc21. The second kappa shape index (κ2) is 5.44. The number of tetrazole rings is 1. The zero-order valence-corrected chi connectivity index (χ0v) is 13.4. The van der Waals surface area contributed by atoms with Crippen LogP contribution in [0, 0.1) is 0 Å². The van der Waals surface area contributed by atoms with E-state index in [-0.39, 0.29) is 5.91 Å².